The van der Waals surface area contributed by atoms with Crippen molar-refractivity contribution in [3.8, 4) is 0 Å². The Labute approximate surface area is 91.3 Å². The topological polar surface area (TPSA) is 73.6 Å². The molecular weight excluding hydrogens is 196 g/mol. The minimum absolute atomic E-state index is 0.0266. The lowest BCUT2D eigenvalue weighted by molar-refractivity contribution is -0.127. The standard InChI is InChI=1S/C10H22N2O3/c1-8(2)15-7-10(13)12-5-4-9(11)6-14-3/h8-9H,4-7,11H2,1-3H3,(H,12,13). The van der Waals surface area contributed by atoms with E-state index in [4.69, 9.17) is 15.2 Å². The van der Waals surface area contributed by atoms with Crippen molar-refractivity contribution < 1.29 is 14.3 Å². The Hall–Kier alpha value is -0.650. The van der Waals surface area contributed by atoms with Gasteiger partial charge in [-0.05, 0) is 20.3 Å². The number of methoxy groups -OCH3 is 1. The summed E-state index contributed by atoms with van der Waals surface area (Å²) in [5.74, 6) is -0.103. The fourth-order valence-electron chi connectivity index (χ4n) is 0.988. The van der Waals surface area contributed by atoms with E-state index in [2.05, 4.69) is 5.32 Å². The van der Waals surface area contributed by atoms with Crippen molar-refractivity contribution in [3.05, 3.63) is 0 Å². The van der Waals surface area contributed by atoms with Crippen LogP contribution in [0.4, 0.5) is 0 Å². The molecule has 0 spiro atoms. The molecule has 0 fully saturated rings. The van der Waals surface area contributed by atoms with Crippen LogP contribution >= 0.6 is 0 Å². The smallest absolute Gasteiger partial charge is 0.246 e. The monoisotopic (exact) mass is 218 g/mol. The molecule has 1 amide bonds. The van der Waals surface area contributed by atoms with Gasteiger partial charge in [-0.25, -0.2) is 0 Å². The van der Waals surface area contributed by atoms with Crippen LogP contribution in [0.15, 0.2) is 0 Å². The third-order valence-corrected chi connectivity index (χ3v) is 1.77. The summed E-state index contributed by atoms with van der Waals surface area (Å²) in [4.78, 5) is 11.2. The summed E-state index contributed by atoms with van der Waals surface area (Å²) >= 11 is 0. The molecule has 0 heterocycles. The fraction of sp³-hybridized carbons (Fsp3) is 0.900. The van der Waals surface area contributed by atoms with E-state index in [1.807, 2.05) is 13.8 Å². The molecule has 5 heteroatoms. The molecule has 0 aromatic carbocycles. The molecule has 90 valence electrons. The fourth-order valence-corrected chi connectivity index (χ4v) is 0.988. The van der Waals surface area contributed by atoms with Crippen molar-refractivity contribution in [1.82, 2.24) is 5.32 Å². The molecule has 3 N–H and O–H groups in total. The molecule has 15 heavy (non-hydrogen) atoms. The molecule has 0 aromatic rings. The number of nitrogens with one attached hydrogen (secondary N) is 1. The Balaban J connectivity index is 3.38. The zero-order valence-corrected chi connectivity index (χ0v) is 9.79. The average Bonchev–Trinajstić information content (AvgIpc) is 2.15. The van der Waals surface area contributed by atoms with E-state index in [9.17, 15) is 4.79 Å². The van der Waals surface area contributed by atoms with Crippen molar-refractivity contribution in [1.29, 1.82) is 0 Å². The molecule has 0 saturated heterocycles. The molecule has 0 radical (unpaired) electrons. The maximum absolute atomic E-state index is 11.2. The summed E-state index contributed by atoms with van der Waals surface area (Å²) in [6.45, 7) is 4.96. The molecular formula is C10H22N2O3. The summed E-state index contributed by atoms with van der Waals surface area (Å²) in [7, 11) is 1.61. The zero-order chi connectivity index (χ0) is 11.7. The summed E-state index contributed by atoms with van der Waals surface area (Å²) < 4.78 is 10.0. The first-order valence-corrected chi connectivity index (χ1v) is 5.19. The lowest BCUT2D eigenvalue weighted by Gasteiger charge is -2.11. The summed E-state index contributed by atoms with van der Waals surface area (Å²) in [5.41, 5.74) is 5.69. The van der Waals surface area contributed by atoms with E-state index in [1.54, 1.807) is 7.11 Å². The van der Waals surface area contributed by atoms with E-state index >= 15 is 0 Å². The Bertz CT molecular complexity index is 174. The highest BCUT2D eigenvalue weighted by atomic mass is 16.5. The Morgan fingerprint density at radius 2 is 2.13 bits per heavy atom. The van der Waals surface area contributed by atoms with Crippen molar-refractivity contribution in [2.45, 2.75) is 32.4 Å². The van der Waals surface area contributed by atoms with Gasteiger partial charge in [0.1, 0.15) is 6.61 Å². The van der Waals surface area contributed by atoms with Crippen LogP contribution < -0.4 is 11.1 Å². The van der Waals surface area contributed by atoms with Crippen molar-refractivity contribution in [2.24, 2.45) is 5.73 Å². The van der Waals surface area contributed by atoms with Gasteiger partial charge in [-0.15, -0.1) is 0 Å². The molecule has 0 bridgehead atoms. The first-order valence-electron chi connectivity index (χ1n) is 5.19. The second-order valence-corrected chi connectivity index (χ2v) is 3.71. The predicted molar refractivity (Wildman–Crippen MR) is 58.6 cm³/mol. The van der Waals surface area contributed by atoms with Gasteiger partial charge in [0.05, 0.1) is 12.7 Å². The van der Waals surface area contributed by atoms with Crippen LogP contribution in [0.5, 0.6) is 0 Å². The number of hydrogen-bond donors (Lipinski definition) is 2. The van der Waals surface area contributed by atoms with Crippen LogP contribution in [0.1, 0.15) is 20.3 Å². The van der Waals surface area contributed by atoms with E-state index in [1.165, 1.54) is 0 Å². The summed E-state index contributed by atoms with van der Waals surface area (Å²) in [6, 6.07) is -0.0266. The van der Waals surface area contributed by atoms with Gasteiger partial charge >= 0.3 is 0 Å². The molecule has 1 unspecified atom stereocenters. The third kappa shape index (κ3) is 9.65. The average molecular weight is 218 g/mol. The van der Waals surface area contributed by atoms with Crippen LogP contribution in [0, 0.1) is 0 Å². The zero-order valence-electron chi connectivity index (χ0n) is 9.79. The van der Waals surface area contributed by atoms with Gasteiger partial charge < -0.3 is 20.5 Å². The van der Waals surface area contributed by atoms with Crippen LogP contribution in [-0.4, -0.2) is 44.9 Å². The summed E-state index contributed by atoms with van der Waals surface area (Å²) in [6.07, 6.45) is 0.785. The molecule has 1 atom stereocenters. The second kappa shape index (κ2) is 8.64. The number of rotatable bonds is 8. The van der Waals surface area contributed by atoms with Gasteiger partial charge in [0.15, 0.2) is 0 Å². The predicted octanol–water partition coefficient (Wildman–Crippen LogP) is -0.109. The number of ether oxygens (including phenoxy) is 2. The molecule has 0 aromatic heterocycles. The van der Waals surface area contributed by atoms with Crippen molar-refractivity contribution >= 4 is 5.91 Å². The third-order valence-electron chi connectivity index (χ3n) is 1.77. The number of carbonyl (C=O) groups is 1. The minimum Gasteiger partial charge on any atom is -0.383 e. The Kier molecular flexibility index (Phi) is 8.27. The van der Waals surface area contributed by atoms with E-state index in [0.717, 1.165) is 0 Å². The summed E-state index contributed by atoms with van der Waals surface area (Å²) in [5, 5.41) is 2.73. The minimum atomic E-state index is -0.103. The van der Waals surface area contributed by atoms with Gasteiger partial charge in [-0.1, -0.05) is 0 Å². The van der Waals surface area contributed by atoms with Crippen molar-refractivity contribution in [2.75, 3.05) is 26.9 Å². The van der Waals surface area contributed by atoms with Gasteiger partial charge in [0.2, 0.25) is 5.91 Å². The van der Waals surface area contributed by atoms with E-state index < -0.39 is 0 Å². The molecule has 0 aliphatic rings. The highest BCUT2D eigenvalue weighted by molar-refractivity contribution is 5.77. The number of nitrogens with two attached hydrogens (primary N) is 1. The van der Waals surface area contributed by atoms with Crippen LogP contribution in [0.2, 0.25) is 0 Å². The van der Waals surface area contributed by atoms with Gasteiger partial charge in [-0.3, -0.25) is 4.79 Å². The van der Waals surface area contributed by atoms with Crippen LogP contribution in [0.3, 0.4) is 0 Å². The second-order valence-electron chi connectivity index (χ2n) is 3.71. The maximum atomic E-state index is 11.2. The Morgan fingerprint density at radius 1 is 1.47 bits per heavy atom. The molecule has 0 aliphatic heterocycles. The van der Waals surface area contributed by atoms with Crippen molar-refractivity contribution in [3.63, 3.8) is 0 Å². The van der Waals surface area contributed by atoms with Crippen LogP contribution in [-0.2, 0) is 14.3 Å². The molecule has 5 nitrogen and oxygen atoms in total. The molecule has 0 saturated carbocycles. The van der Waals surface area contributed by atoms with E-state index in [0.29, 0.717) is 19.6 Å². The van der Waals surface area contributed by atoms with Crippen LogP contribution in [0.25, 0.3) is 0 Å². The number of amides is 1. The first kappa shape index (κ1) is 14.3. The van der Waals surface area contributed by atoms with Gasteiger partial charge in [0, 0.05) is 19.7 Å². The lowest BCUT2D eigenvalue weighted by Crippen LogP contribution is -2.34. The molecule has 0 rings (SSSR count). The molecule has 0 aliphatic carbocycles. The van der Waals surface area contributed by atoms with E-state index in [-0.39, 0.29) is 24.7 Å². The highest BCUT2D eigenvalue weighted by Gasteiger charge is 2.05. The SMILES string of the molecule is COCC(N)CCNC(=O)COC(C)C. The maximum Gasteiger partial charge on any atom is 0.246 e. The first-order chi connectivity index (χ1) is 7.06. The Morgan fingerprint density at radius 3 is 2.67 bits per heavy atom. The number of carbonyl (C=O) groups excluding carboxylic acids is 1. The quantitative estimate of drug-likeness (QED) is 0.596. The van der Waals surface area contributed by atoms with Gasteiger partial charge in [-0.2, -0.15) is 0 Å². The highest BCUT2D eigenvalue weighted by Crippen LogP contribution is 1.88. The lowest BCUT2D eigenvalue weighted by atomic mass is 10.2. The normalized spacial score (nSPS) is 12.9. The number of hydrogen-bond acceptors (Lipinski definition) is 4. The van der Waals surface area contributed by atoms with Gasteiger partial charge in [0.25, 0.3) is 0 Å². The largest absolute Gasteiger partial charge is 0.383 e.